The van der Waals surface area contributed by atoms with Crippen molar-refractivity contribution in [3.63, 3.8) is 0 Å². The number of rotatable bonds is 5. The summed E-state index contributed by atoms with van der Waals surface area (Å²) in [6, 6.07) is 6.68. The highest BCUT2D eigenvalue weighted by molar-refractivity contribution is 5.24. The summed E-state index contributed by atoms with van der Waals surface area (Å²) in [5.74, 6) is 0.424. The Morgan fingerprint density at radius 1 is 1.38 bits per heavy atom. The Morgan fingerprint density at radius 2 is 2.06 bits per heavy atom. The molecule has 1 rings (SSSR count). The average molecular weight is 223 g/mol. The maximum absolute atomic E-state index is 13.2. The third kappa shape index (κ3) is 3.31. The maximum atomic E-state index is 13.2. The van der Waals surface area contributed by atoms with Crippen molar-refractivity contribution < 1.29 is 4.39 Å². The Hall–Kier alpha value is -0.890. The monoisotopic (exact) mass is 223 g/mol. The SMILES string of the molecule is CCC(N)(CCC(C)C)c1cccc(F)c1. The molecule has 90 valence electrons. The molecule has 1 nitrogen and oxygen atoms in total. The minimum atomic E-state index is -0.383. The summed E-state index contributed by atoms with van der Waals surface area (Å²) in [6.07, 6.45) is 2.81. The van der Waals surface area contributed by atoms with E-state index < -0.39 is 0 Å². The summed E-state index contributed by atoms with van der Waals surface area (Å²) in [5, 5.41) is 0. The van der Waals surface area contributed by atoms with E-state index in [9.17, 15) is 4.39 Å². The van der Waals surface area contributed by atoms with Crippen LogP contribution in [0.4, 0.5) is 4.39 Å². The highest BCUT2D eigenvalue weighted by Crippen LogP contribution is 2.29. The predicted octanol–water partition coefficient (Wildman–Crippen LogP) is 3.83. The van der Waals surface area contributed by atoms with E-state index in [0.717, 1.165) is 24.8 Å². The van der Waals surface area contributed by atoms with E-state index in [1.54, 1.807) is 12.1 Å². The van der Waals surface area contributed by atoms with Crippen molar-refractivity contribution >= 4 is 0 Å². The van der Waals surface area contributed by atoms with Crippen LogP contribution >= 0.6 is 0 Å². The van der Waals surface area contributed by atoms with Gasteiger partial charge < -0.3 is 5.73 Å². The van der Waals surface area contributed by atoms with Crippen LogP contribution in [0.5, 0.6) is 0 Å². The summed E-state index contributed by atoms with van der Waals surface area (Å²) in [7, 11) is 0. The lowest BCUT2D eigenvalue weighted by Crippen LogP contribution is -2.36. The first-order valence-corrected chi connectivity index (χ1v) is 6.03. The maximum Gasteiger partial charge on any atom is 0.123 e. The molecule has 0 aliphatic rings. The van der Waals surface area contributed by atoms with E-state index in [1.807, 2.05) is 6.07 Å². The van der Waals surface area contributed by atoms with Gasteiger partial charge in [-0.3, -0.25) is 0 Å². The van der Waals surface area contributed by atoms with E-state index in [4.69, 9.17) is 5.73 Å². The van der Waals surface area contributed by atoms with Gasteiger partial charge >= 0.3 is 0 Å². The van der Waals surface area contributed by atoms with Crippen LogP contribution in [-0.4, -0.2) is 0 Å². The molecule has 0 spiro atoms. The molecule has 1 aromatic rings. The Kier molecular flexibility index (Phi) is 4.48. The molecule has 2 heteroatoms. The van der Waals surface area contributed by atoms with Gasteiger partial charge in [0.15, 0.2) is 0 Å². The Labute approximate surface area is 97.9 Å². The van der Waals surface area contributed by atoms with Gasteiger partial charge in [-0.05, 0) is 42.9 Å². The molecule has 1 unspecified atom stereocenters. The molecule has 0 saturated heterocycles. The van der Waals surface area contributed by atoms with E-state index in [2.05, 4.69) is 20.8 Å². The smallest absolute Gasteiger partial charge is 0.123 e. The highest BCUT2D eigenvalue weighted by atomic mass is 19.1. The van der Waals surface area contributed by atoms with Crippen molar-refractivity contribution in [1.82, 2.24) is 0 Å². The quantitative estimate of drug-likeness (QED) is 0.806. The molecule has 0 aromatic heterocycles. The molecule has 1 aromatic carbocycles. The van der Waals surface area contributed by atoms with Gasteiger partial charge in [0.05, 0.1) is 0 Å². The fourth-order valence-electron chi connectivity index (χ4n) is 1.87. The molecule has 1 atom stereocenters. The molecular weight excluding hydrogens is 201 g/mol. The largest absolute Gasteiger partial charge is 0.321 e. The van der Waals surface area contributed by atoms with Gasteiger partial charge in [0, 0.05) is 5.54 Å². The molecule has 0 heterocycles. The van der Waals surface area contributed by atoms with Crippen LogP contribution < -0.4 is 5.73 Å². The van der Waals surface area contributed by atoms with Gasteiger partial charge in [-0.25, -0.2) is 4.39 Å². The lowest BCUT2D eigenvalue weighted by molar-refractivity contribution is 0.353. The molecule has 16 heavy (non-hydrogen) atoms. The van der Waals surface area contributed by atoms with Crippen molar-refractivity contribution in [3.05, 3.63) is 35.6 Å². The average Bonchev–Trinajstić information content (AvgIpc) is 2.26. The van der Waals surface area contributed by atoms with Crippen LogP contribution in [0.15, 0.2) is 24.3 Å². The number of nitrogens with two attached hydrogens (primary N) is 1. The van der Waals surface area contributed by atoms with Crippen LogP contribution in [0.3, 0.4) is 0 Å². The molecule has 2 N–H and O–H groups in total. The normalized spacial score (nSPS) is 15.1. The number of hydrogen-bond acceptors (Lipinski definition) is 1. The molecule has 0 saturated carbocycles. The number of benzene rings is 1. The van der Waals surface area contributed by atoms with Crippen molar-refractivity contribution in [2.45, 2.75) is 45.6 Å². The van der Waals surface area contributed by atoms with Crippen molar-refractivity contribution in [2.24, 2.45) is 11.7 Å². The summed E-state index contributed by atoms with van der Waals surface area (Å²) >= 11 is 0. The van der Waals surface area contributed by atoms with Gasteiger partial charge in [-0.2, -0.15) is 0 Å². The number of halogens is 1. The summed E-state index contributed by atoms with van der Waals surface area (Å²) < 4.78 is 13.2. The molecule has 0 radical (unpaired) electrons. The summed E-state index contributed by atoms with van der Waals surface area (Å²) in [6.45, 7) is 6.43. The first-order valence-electron chi connectivity index (χ1n) is 6.03. The molecule has 0 fully saturated rings. The van der Waals surface area contributed by atoms with Gasteiger partial charge in [0.1, 0.15) is 5.82 Å². The van der Waals surface area contributed by atoms with Gasteiger partial charge in [0.2, 0.25) is 0 Å². The number of hydrogen-bond donors (Lipinski definition) is 1. The van der Waals surface area contributed by atoms with Gasteiger partial charge in [0.25, 0.3) is 0 Å². The molecule has 0 aliphatic carbocycles. The Morgan fingerprint density at radius 3 is 2.56 bits per heavy atom. The standard InChI is InChI=1S/C14H22FN/c1-4-14(16,9-8-11(2)3)12-6-5-7-13(15)10-12/h5-7,10-11H,4,8-9,16H2,1-3H3. The second kappa shape index (κ2) is 5.44. The lowest BCUT2D eigenvalue weighted by Gasteiger charge is -2.29. The van der Waals surface area contributed by atoms with E-state index in [1.165, 1.54) is 6.07 Å². The van der Waals surface area contributed by atoms with Crippen molar-refractivity contribution in [1.29, 1.82) is 0 Å². The summed E-state index contributed by atoms with van der Waals surface area (Å²) in [4.78, 5) is 0. The second-order valence-corrected chi connectivity index (χ2v) is 4.95. The Bertz CT molecular complexity index is 335. The predicted molar refractivity (Wildman–Crippen MR) is 66.6 cm³/mol. The molecule has 0 amide bonds. The van der Waals surface area contributed by atoms with Crippen LogP contribution in [0.2, 0.25) is 0 Å². The van der Waals surface area contributed by atoms with Crippen LogP contribution in [0.1, 0.15) is 45.6 Å². The molecular formula is C14H22FN. The lowest BCUT2D eigenvalue weighted by atomic mass is 9.82. The van der Waals surface area contributed by atoms with E-state index in [-0.39, 0.29) is 11.4 Å². The van der Waals surface area contributed by atoms with Crippen LogP contribution in [0.25, 0.3) is 0 Å². The first kappa shape index (κ1) is 13.2. The highest BCUT2D eigenvalue weighted by Gasteiger charge is 2.25. The Balaban J connectivity index is 2.86. The van der Waals surface area contributed by atoms with Gasteiger partial charge in [-0.15, -0.1) is 0 Å². The van der Waals surface area contributed by atoms with Crippen LogP contribution in [-0.2, 0) is 5.54 Å². The summed E-state index contributed by atoms with van der Waals surface area (Å²) in [5.41, 5.74) is 6.90. The topological polar surface area (TPSA) is 26.0 Å². The fraction of sp³-hybridized carbons (Fsp3) is 0.571. The minimum Gasteiger partial charge on any atom is -0.321 e. The van der Waals surface area contributed by atoms with Crippen molar-refractivity contribution in [2.75, 3.05) is 0 Å². The third-order valence-electron chi connectivity index (χ3n) is 3.20. The van der Waals surface area contributed by atoms with E-state index in [0.29, 0.717) is 5.92 Å². The molecule has 0 aliphatic heterocycles. The fourth-order valence-corrected chi connectivity index (χ4v) is 1.87. The second-order valence-electron chi connectivity index (χ2n) is 4.95. The van der Waals surface area contributed by atoms with Gasteiger partial charge in [-0.1, -0.05) is 32.9 Å². The molecule has 0 bridgehead atoms. The van der Waals surface area contributed by atoms with Crippen molar-refractivity contribution in [3.8, 4) is 0 Å². The van der Waals surface area contributed by atoms with E-state index >= 15 is 0 Å². The minimum absolute atomic E-state index is 0.203. The third-order valence-corrected chi connectivity index (χ3v) is 3.20. The van der Waals surface area contributed by atoms with Crippen LogP contribution in [0, 0.1) is 11.7 Å². The zero-order chi connectivity index (χ0) is 12.2. The zero-order valence-electron chi connectivity index (χ0n) is 10.5. The zero-order valence-corrected chi connectivity index (χ0v) is 10.5. The first-order chi connectivity index (χ1) is 7.48.